The predicted octanol–water partition coefficient (Wildman–Crippen LogP) is 3.80. The minimum Gasteiger partial charge on any atom is -0.322 e. The van der Waals surface area contributed by atoms with Crippen LogP contribution in [0.2, 0.25) is 0 Å². The SMILES string of the molecule is Cc1cccc(-c2nc3c4ccccc4n(CC(=O)Nc4ccccc4F)c(=O)n3n2)c1. The van der Waals surface area contributed by atoms with Crippen molar-refractivity contribution < 1.29 is 9.18 Å². The van der Waals surface area contributed by atoms with E-state index in [1.54, 1.807) is 18.2 Å². The van der Waals surface area contributed by atoms with Crippen LogP contribution in [0.1, 0.15) is 5.56 Å². The average Bonchev–Trinajstić information content (AvgIpc) is 3.24. The number of hydrogen-bond acceptors (Lipinski definition) is 4. The lowest BCUT2D eigenvalue weighted by atomic mass is 10.1. The molecular weight excluding hydrogens is 409 g/mol. The van der Waals surface area contributed by atoms with Crippen molar-refractivity contribution in [3.05, 3.63) is 94.7 Å². The van der Waals surface area contributed by atoms with Crippen molar-refractivity contribution in [1.82, 2.24) is 19.2 Å². The van der Waals surface area contributed by atoms with Gasteiger partial charge in [0.15, 0.2) is 11.5 Å². The van der Waals surface area contributed by atoms with E-state index in [0.717, 1.165) is 11.1 Å². The van der Waals surface area contributed by atoms with Gasteiger partial charge in [-0.05, 0) is 37.3 Å². The van der Waals surface area contributed by atoms with E-state index >= 15 is 0 Å². The highest BCUT2D eigenvalue weighted by Gasteiger charge is 2.18. The molecule has 0 saturated carbocycles. The first kappa shape index (κ1) is 19.6. The molecule has 0 aliphatic heterocycles. The molecule has 0 unspecified atom stereocenters. The molecule has 0 bridgehead atoms. The van der Waals surface area contributed by atoms with Gasteiger partial charge in [0.25, 0.3) is 0 Å². The summed E-state index contributed by atoms with van der Waals surface area (Å²) in [6.45, 7) is 1.67. The van der Waals surface area contributed by atoms with Gasteiger partial charge in [0, 0.05) is 10.9 Å². The van der Waals surface area contributed by atoms with Crippen LogP contribution < -0.4 is 11.0 Å². The summed E-state index contributed by atoms with van der Waals surface area (Å²) in [5, 5.41) is 7.62. The van der Waals surface area contributed by atoms with Crippen LogP contribution in [-0.2, 0) is 11.3 Å². The molecule has 158 valence electrons. The fourth-order valence-corrected chi connectivity index (χ4v) is 3.69. The van der Waals surface area contributed by atoms with Gasteiger partial charge in [0.1, 0.15) is 12.4 Å². The zero-order valence-corrected chi connectivity index (χ0v) is 17.1. The maximum absolute atomic E-state index is 13.9. The number of nitrogens with one attached hydrogen (secondary N) is 1. The molecule has 2 heterocycles. The second-order valence-electron chi connectivity index (χ2n) is 7.45. The number of nitrogens with zero attached hydrogens (tertiary/aromatic N) is 4. The van der Waals surface area contributed by atoms with Crippen molar-refractivity contribution in [1.29, 1.82) is 0 Å². The van der Waals surface area contributed by atoms with Gasteiger partial charge in [-0.2, -0.15) is 4.52 Å². The Kier molecular flexibility index (Phi) is 4.74. The maximum Gasteiger partial charge on any atom is 0.351 e. The van der Waals surface area contributed by atoms with E-state index in [1.807, 2.05) is 43.3 Å². The molecule has 5 rings (SSSR count). The molecule has 0 radical (unpaired) electrons. The number of benzene rings is 3. The fourth-order valence-electron chi connectivity index (χ4n) is 3.69. The third-order valence-corrected chi connectivity index (χ3v) is 5.18. The Morgan fingerprint density at radius 3 is 2.62 bits per heavy atom. The van der Waals surface area contributed by atoms with Gasteiger partial charge in [-0.15, -0.1) is 5.10 Å². The Hall–Kier alpha value is -4.33. The summed E-state index contributed by atoms with van der Waals surface area (Å²) in [5.74, 6) is -0.655. The molecule has 2 aromatic heterocycles. The molecule has 0 saturated heterocycles. The number of rotatable bonds is 4. The normalized spacial score (nSPS) is 11.2. The van der Waals surface area contributed by atoms with Gasteiger partial charge in [-0.25, -0.2) is 14.2 Å². The fraction of sp³-hybridized carbons (Fsp3) is 0.0833. The van der Waals surface area contributed by atoms with E-state index < -0.39 is 17.4 Å². The van der Waals surface area contributed by atoms with Crippen molar-refractivity contribution >= 4 is 28.1 Å². The van der Waals surface area contributed by atoms with Crippen molar-refractivity contribution in [3.63, 3.8) is 0 Å². The highest BCUT2D eigenvalue weighted by atomic mass is 19.1. The van der Waals surface area contributed by atoms with Gasteiger partial charge < -0.3 is 5.32 Å². The number of aromatic nitrogens is 4. The lowest BCUT2D eigenvalue weighted by Gasteiger charge is -2.11. The molecule has 1 amide bonds. The Morgan fingerprint density at radius 2 is 1.81 bits per heavy atom. The van der Waals surface area contributed by atoms with Crippen LogP contribution >= 0.6 is 0 Å². The molecular formula is C24H18FN5O2. The van der Waals surface area contributed by atoms with E-state index in [2.05, 4.69) is 15.4 Å². The van der Waals surface area contributed by atoms with Crippen LogP contribution in [0.25, 0.3) is 27.9 Å². The first-order valence-corrected chi connectivity index (χ1v) is 10.0. The molecule has 0 atom stereocenters. The summed E-state index contributed by atoms with van der Waals surface area (Å²) in [7, 11) is 0. The number of carbonyl (C=O) groups is 1. The van der Waals surface area contributed by atoms with Crippen molar-refractivity contribution in [2.45, 2.75) is 13.5 Å². The Labute approximate surface area is 181 Å². The standard InChI is InChI=1S/C24H18FN5O2/c1-15-7-6-8-16(13-15)22-27-23-17-9-2-5-12-20(17)29(24(32)30(23)28-22)14-21(31)26-19-11-4-3-10-18(19)25/h2-13H,14H2,1H3,(H,26,31). The summed E-state index contributed by atoms with van der Waals surface area (Å²) in [5.41, 5.74) is 2.34. The van der Waals surface area contributed by atoms with Gasteiger partial charge in [0.05, 0.1) is 11.2 Å². The number of halogens is 1. The van der Waals surface area contributed by atoms with Crippen LogP contribution in [0, 0.1) is 12.7 Å². The van der Waals surface area contributed by atoms with Crippen LogP contribution in [0.15, 0.2) is 77.6 Å². The smallest absolute Gasteiger partial charge is 0.322 e. The van der Waals surface area contributed by atoms with Crippen LogP contribution in [-0.4, -0.2) is 25.1 Å². The molecule has 0 fully saturated rings. The van der Waals surface area contributed by atoms with Crippen LogP contribution in [0.4, 0.5) is 10.1 Å². The summed E-state index contributed by atoms with van der Waals surface area (Å²) < 4.78 is 16.4. The number of fused-ring (bicyclic) bond motifs is 3. The average molecular weight is 427 g/mol. The number of anilines is 1. The van der Waals surface area contributed by atoms with Gasteiger partial charge >= 0.3 is 5.69 Å². The molecule has 0 aliphatic rings. The van der Waals surface area contributed by atoms with Crippen molar-refractivity contribution in [3.8, 4) is 11.4 Å². The zero-order chi connectivity index (χ0) is 22.2. The summed E-state index contributed by atoms with van der Waals surface area (Å²) in [6.07, 6.45) is 0. The second-order valence-corrected chi connectivity index (χ2v) is 7.45. The van der Waals surface area contributed by atoms with Crippen LogP contribution in [0.5, 0.6) is 0 Å². The Morgan fingerprint density at radius 1 is 1.03 bits per heavy atom. The molecule has 3 aromatic carbocycles. The Bertz CT molecular complexity index is 1550. The highest BCUT2D eigenvalue weighted by Crippen LogP contribution is 2.22. The molecule has 32 heavy (non-hydrogen) atoms. The molecule has 0 spiro atoms. The van der Waals surface area contributed by atoms with E-state index in [1.165, 1.54) is 27.3 Å². The number of carbonyl (C=O) groups excluding carboxylic acids is 1. The van der Waals surface area contributed by atoms with Gasteiger partial charge in [0.2, 0.25) is 5.91 Å². The number of aryl methyl sites for hydroxylation is 1. The molecule has 7 nitrogen and oxygen atoms in total. The monoisotopic (exact) mass is 427 g/mol. The first-order chi connectivity index (χ1) is 15.5. The number of para-hydroxylation sites is 2. The maximum atomic E-state index is 13.9. The van der Waals surface area contributed by atoms with E-state index in [-0.39, 0.29) is 12.2 Å². The second kappa shape index (κ2) is 7.73. The lowest BCUT2D eigenvalue weighted by Crippen LogP contribution is -2.32. The van der Waals surface area contributed by atoms with E-state index in [9.17, 15) is 14.0 Å². The Balaban J connectivity index is 1.62. The summed E-state index contributed by atoms with van der Waals surface area (Å²) >= 11 is 0. The van der Waals surface area contributed by atoms with Gasteiger partial charge in [-0.1, -0.05) is 48.0 Å². The highest BCUT2D eigenvalue weighted by molar-refractivity contribution is 5.95. The third kappa shape index (κ3) is 3.41. The number of amides is 1. The van der Waals surface area contributed by atoms with E-state index in [4.69, 9.17) is 0 Å². The third-order valence-electron chi connectivity index (χ3n) is 5.18. The van der Waals surface area contributed by atoms with Gasteiger partial charge in [-0.3, -0.25) is 9.36 Å². The summed E-state index contributed by atoms with van der Waals surface area (Å²) in [6, 6.07) is 20.7. The number of hydrogen-bond donors (Lipinski definition) is 1. The lowest BCUT2D eigenvalue weighted by molar-refractivity contribution is -0.116. The topological polar surface area (TPSA) is 81.3 Å². The molecule has 5 aromatic rings. The summed E-state index contributed by atoms with van der Waals surface area (Å²) in [4.78, 5) is 30.5. The van der Waals surface area contributed by atoms with Crippen LogP contribution in [0.3, 0.4) is 0 Å². The molecule has 0 aliphatic carbocycles. The zero-order valence-electron chi connectivity index (χ0n) is 17.1. The largest absolute Gasteiger partial charge is 0.351 e. The predicted molar refractivity (Wildman–Crippen MR) is 120 cm³/mol. The minimum atomic E-state index is -0.549. The molecule has 8 heteroatoms. The van der Waals surface area contributed by atoms with E-state index in [0.29, 0.717) is 22.4 Å². The van der Waals surface area contributed by atoms with Crippen molar-refractivity contribution in [2.24, 2.45) is 0 Å². The quantitative estimate of drug-likeness (QED) is 0.473. The van der Waals surface area contributed by atoms with Crippen molar-refractivity contribution in [2.75, 3.05) is 5.32 Å². The first-order valence-electron chi connectivity index (χ1n) is 10.0. The molecule has 1 N–H and O–H groups in total. The minimum absolute atomic E-state index is 0.0541.